The molecule has 1 aromatic carbocycles. The van der Waals surface area contributed by atoms with Crippen LogP contribution in [0.25, 0.3) is 5.65 Å². The van der Waals surface area contributed by atoms with Crippen molar-refractivity contribution in [2.24, 2.45) is 5.41 Å². The van der Waals surface area contributed by atoms with E-state index in [-0.39, 0.29) is 30.4 Å². The molecule has 188 valence electrons. The van der Waals surface area contributed by atoms with Gasteiger partial charge in [0.2, 0.25) is 0 Å². The standard InChI is InChI=1S/C25H25F2N5O4/c1-25(24(35)36-2)8-5-15(6-9-25)13-29-23(34)20-12-19(31-21-7-10-30-32(20)21)22(33)28-14-16-3-4-17(26)18(27)11-16/h3-5,7,10-12H,6,8-9,13-14H2,1-2H3,(H,28,33)(H,29,34). The summed E-state index contributed by atoms with van der Waals surface area (Å²) in [5.41, 5.74) is 1.16. The van der Waals surface area contributed by atoms with Gasteiger partial charge in [-0.05, 0) is 43.9 Å². The van der Waals surface area contributed by atoms with Gasteiger partial charge in [-0.2, -0.15) is 5.10 Å². The van der Waals surface area contributed by atoms with Crippen LogP contribution in [0, 0.1) is 17.0 Å². The fourth-order valence-corrected chi connectivity index (χ4v) is 4.00. The van der Waals surface area contributed by atoms with Crippen molar-refractivity contribution in [3.8, 4) is 0 Å². The second kappa shape index (κ2) is 10.2. The number of ether oxygens (including phenoxy) is 1. The number of amides is 2. The molecule has 2 N–H and O–H groups in total. The number of carbonyl (C=O) groups excluding carboxylic acids is 3. The smallest absolute Gasteiger partial charge is 0.311 e. The summed E-state index contributed by atoms with van der Waals surface area (Å²) in [6.45, 7) is 2.08. The van der Waals surface area contributed by atoms with Crippen LogP contribution < -0.4 is 10.6 Å². The number of nitrogens with one attached hydrogen (secondary N) is 2. The molecule has 0 saturated heterocycles. The quantitative estimate of drug-likeness (QED) is 0.383. The van der Waals surface area contributed by atoms with Crippen molar-refractivity contribution in [3.05, 3.63) is 76.8 Å². The minimum absolute atomic E-state index is 0.0264. The Morgan fingerprint density at radius 2 is 1.86 bits per heavy atom. The number of hydrogen-bond donors (Lipinski definition) is 2. The molecule has 0 bridgehead atoms. The van der Waals surface area contributed by atoms with Crippen molar-refractivity contribution in [3.63, 3.8) is 0 Å². The van der Waals surface area contributed by atoms with Crippen molar-refractivity contribution < 1.29 is 27.9 Å². The minimum atomic E-state index is -1.01. The van der Waals surface area contributed by atoms with E-state index in [4.69, 9.17) is 4.74 Å². The van der Waals surface area contributed by atoms with E-state index in [0.717, 1.165) is 17.7 Å². The first kappa shape index (κ1) is 25.0. The Labute approximate surface area is 205 Å². The Morgan fingerprint density at radius 3 is 2.56 bits per heavy atom. The van der Waals surface area contributed by atoms with Crippen LogP contribution in [0.3, 0.4) is 0 Å². The fraction of sp³-hybridized carbons (Fsp3) is 0.320. The predicted molar refractivity (Wildman–Crippen MR) is 125 cm³/mol. The number of methoxy groups -OCH3 is 1. The number of nitrogens with zero attached hydrogens (tertiary/aromatic N) is 3. The van der Waals surface area contributed by atoms with E-state index in [0.29, 0.717) is 30.5 Å². The minimum Gasteiger partial charge on any atom is -0.469 e. The Bertz CT molecular complexity index is 1370. The lowest BCUT2D eigenvalue weighted by atomic mass is 9.76. The van der Waals surface area contributed by atoms with Crippen LogP contribution >= 0.6 is 0 Å². The van der Waals surface area contributed by atoms with Gasteiger partial charge in [0.05, 0.1) is 18.7 Å². The van der Waals surface area contributed by atoms with Gasteiger partial charge in [0.1, 0.15) is 11.4 Å². The zero-order valence-corrected chi connectivity index (χ0v) is 19.8. The zero-order chi connectivity index (χ0) is 25.9. The van der Waals surface area contributed by atoms with E-state index in [1.807, 2.05) is 13.0 Å². The van der Waals surface area contributed by atoms with Crippen molar-refractivity contribution >= 4 is 23.4 Å². The Hall–Kier alpha value is -4.15. The summed E-state index contributed by atoms with van der Waals surface area (Å²) in [7, 11) is 1.37. The molecule has 11 heteroatoms. The number of esters is 1. The highest BCUT2D eigenvalue weighted by Gasteiger charge is 2.35. The lowest BCUT2D eigenvalue weighted by molar-refractivity contribution is -0.152. The Kier molecular flexibility index (Phi) is 7.09. The number of rotatable bonds is 7. The Balaban J connectivity index is 1.45. The van der Waals surface area contributed by atoms with Crippen LogP contribution in [0.15, 0.2) is 48.2 Å². The molecular formula is C25H25F2N5O4. The molecule has 3 aromatic rings. The van der Waals surface area contributed by atoms with Gasteiger partial charge in [0.25, 0.3) is 11.8 Å². The summed E-state index contributed by atoms with van der Waals surface area (Å²) >= 11 is 0. The van der Waals surface area contributed by atoms with Crippen LogP contribution in [-0.2, 0) is 16.1 Å². The normalized spacial score (nSPS) is 17.4. The lowest BCUT2D eigenvalue weighted by Gasteiger charge is -2.30. The number of allylic oxidation sites excluding steroid dienone is 1. The predicted octanol–water partition coefficient (Wildman–Crippen LogP) is 2.96. The molecule has 1 aliphatic rings. The first-order valence-corrected chi connectivity index (χ1v) is 11.3. The number of benzene rings is 1. The highest BCUT2D eigenvalue weighted by Crippen LogP contribution is 2.35. The number of halogens is 2. The van der Waals surface area contributed by atoms with Crippen molar-refractivity contribution in [2.75, 3.05) is 13.7 Å². The van der Waals surface area contributed by atoms with Crippen LogP contribution in [0.2, 0.25) is 0 Å². The number of carbonyl (C=O) groups is 3. The van der Waals surface area contributed by atoms with Gasteiger partial charge in [0, 0.05) is 25.2 Å². The van der Waals surface area contributed by atoms with Gasteiger partial charge >= 0.3 is 5.97 Å². The molecule has 9 nitrogen and oxygen atoms in total. The molecule has 0 radical (unpaired) electrons. The molecule has 4 rings (SSSR count). The molecule has 0 saturated carbocycles. The first-order chi connectivity index (χ1) is 17.2. The molecular weight excluding hydrogens is 472 g/mol. The summed E-state index contributed by atoms with van der Waals surface area (Å²) in [5, 5.41) is 9.54. The third kappa shape index (κ3) is 5.24. The van der Waals surface area contributed by atoms with Gasteiger partial charge in [-0.3, -0.25) is 14.4 Å². The van der Waals surface area contributed by atoms with Gasteiger partial charge in [-0.25, -0.2) is 18.3 Å². The van der Waals surface area contributed by atoms with Crippen LogP contribution in [0.4, 0.5) is 8.78 Å². The van der Waals surface area contributed by atoms with E-state index >= 15 is 0 Å². The van der Waals surface area contributed by atoms with E-state index in [1.165, 1.54) is 30.0 Å². The molecule has 1 unspecified atom stereocenters. The highest BCUT2D eigenvalue weighted by molar-refractivity contribution is 5.98. The highest BCUT2D eigenvalue weighted by atomic mass is 19.2. The molecule has 2 aromatic heterocycles. The monoisotopic (exact) mass is 497 g/mol. The van der Waals surface area contributed by atoms with Crippen molar-refractivity contribution in [1.29, 1.82) is 0 Å². The second-order valence-corrected chi connectivity index (χ2v) is 8.86. The van der Waals surface area contributed by atoms with E-state index in [1.54, 1.807) is 6.07 Å². The Morgan fingerprint density at radius 1 is 1.08 bits per heavy atom. The maximum Gasteiger partial charge on any atom is 0.311 e. The summed E-state index contributed by atoms with van der Waals surface area (Å²) in [6.07, 6.45) is 5.17. The van der Waals surface area contributed by atoms with E-state index < -0.39 is 28.9 Å². The topological polar surface area (TPSA) is 115 Å². The molecule has 2 amide bonds. The molecule has 0 aliphatic heterocycles. The maximum absolute atomic E-state index is 13.4. The van der Waals surface area contributed by atoms with Gasteiger partial charge in [0.15, 0.2) is 17.3 Å². The van der Waals surface area contributed by atoms with Crippen LogP contribution in [0.1, 0.15) is 52.7 Å². The van der Waals surface area contributed by atoms with E-state index in [2.05, 4.69) is 20.7 Å². The average Bonchev–Trinajstić information content (AvgIpc) is 3.36. The average molecular weight is 498 g/mol. The summed E-state index contributed by atoms with van der Waals surface area (Å²) in [5.74, 6) is -3.29. The van der Waals surface area contributed by atoms with Gasteiger partial charge in [-0.15, -0.1) is 0 Å². The third-order valence-electron chi connectivity index (χ3n) is 6.26. The van der Waals surface area contributed by atoms with Crippen molar-refractivity contribution in [2.45, 2.75) is 32.7 Å². The maximum atomic E-state index is 13.4. The number of aromatic nitrogens is 3. The van der Waals surface area contributed by atoms with Crippen molar-refractivity contribution in [1.82, 2.24) is 25.2 Å². The molecule has 1 aliphatic carbocycles. The molecule has 0 spiro atoms. The van der Waals surface area contributed by atoms with Crippen LogP contribution in [0.5, 0.6) is 0 Å². The van der Waals surface area contributed by atoms with Gasteiger partial charge < -0.3 is 15.4 Å². The summed E-state index contributed by atoms with van der Waals surface area (Å²) < 4.78 is 32.8. The summed E-state index contributed by atoms with van der Waals surface area (Å²) in [6, 6.07) is 6.21. The summed E-state index contributed by atoms with van der Waals surface area (Å²) in [4.78, 5) is 41.9. The first-order valence-electron chi connectivity index (χ1n) is 11.3. The molecule has 1 atom stereocenters. The fourth-order valence-electron chi connectivity index (χ4n) is 4.00. The van der Waals surface area contributed by atoms with Crippen LogP contribution in [-0.4, -0.2) is 46.0 Å². The zero-order valence-electron chi connectivity index (χ0n) is 19.8. The number of fused-ring (bicyclic) bond motifs is 1. The molecule has 36 heavy (non-hydrogen) atoms. The van der Waals surface area contributed by atoms with E-state index in [9.17, 15) is 23.2 Å². The molecule has 0 fully saturated rings. The lowest BCUT2D eigenvalue weighted by Crippen LogP contribution is -2.33. The second-order valence-electron chi connectivity index (χ2n) is 8.86. The largest absolute Gasteiger partial charge is 0.469 e. The number of hydrogen-bond acceptors (Lipinski definition) is 6. The van der Waals surface area contributed by atoms with Gasteiger partial charge in [-0.1, -0.05) is 17.7 Å². The molecule has 2 heterocycles. The third-order valence-corrected chi connectivity index (χ3v) is 6.26. The SMILES string of the molecule is COC(=O)C1(C)CC=C(CNC(=O)c2cc(C(=O)NCc3ccc(F)c(F)c3)nc3ccnn23)CC1.